The maximum absolute atomic E-state index is 12.8. The normalized spacial score (nSPS) is 23.9. The molecule has 0 aromatic heterocycles. The topological polar surface area (TPSA) is 47.6 Å². The number of rotatable bonds is 8. The lowest BCUT2D eigenvalue weighted by Gasteiger charge is -2.10. The number of hydrogen-bond donors (Lipinski definition) is 1. The van der Waals surface area contributed by atoms with E-state index in [2.05, 4.69) is 10.1 Å². The summed E-state index contributed by atoms with van der Waals surface area (Å²) in [6.45, 7) is 1.71. The third-order valence-electron chi connectivity index (χ3n) is 2.88. The fraction of sp³-hybridized carbons (Fsp3) is 0.917. The van der Waals surface area contributed by atoms with E-state index < -0.39 is 6.17 Å². The third-order valence-corrected chi connectivity index (χ3v) is 2.88. The molecular formula is C12H22FNO3. The molecule has 2 unspecified atom stereocenters. The Morgan fingerprint density at radius 2 is 2.24 bits per heavy atom. The van der Waals surface area contributed by atoms with Gasteiger partial charge in [-0.15, -0.1) is 0 Å². The predicted molar refractivity (Wildman–Crippen MR) is 62.6 cm³/mol. The molecule has 1 saturated heterocycles. The second-order valence-corrected chi connectivity index (χ2v) is 4.40. The first-order chi connectivity index (χ1) is 8.22. The molecule has 2 atom stereocenters. The van der Waals surface area contributed by atoms with Crippen LogP contribution in [0.15, 0.2) is 0 Å². The molecule has 17 heavy (non-hydrogen) atoms. The molecule has 100 valence electrons. The van der Waals surface area contributed by atoms with Gasteiger partial charge in [0.15, 0.2) is 0 Å². The van der Waals surface area contributed by atoms with E-state index >= 15 is 0 Å². The smallest absolute Gasteiger partial charge is 0.305 e. The molecule has 0 aliphatic carbocycles. The molecular weight excluding hydrogens is 225 g/mol. The molecule has 0 radical (unpaired) electrons. The average molecular weight is 247 g/mol. The number of carbonyl (C=O) groups is 1. The number of esters is 1. The molecule has 0 aromatic rings. The third kappa shape index (κ3) is 6.58. The Morgan fingerprint density at radius 3 is 2.88 bits per heavy atom. The van der Waals surface area contributed by atoms with Crippen molar-refractivity contribution in [1.82, 2.24) is 5.32 Å². The molecule has 1 heterocycles. The average Bonchev–Trinajstić information content (AvgIpc) is 2.73. The van der Waals surface area contributed by atoms with Crippen LogP contribution in [0.5, 0.6) is 0 Å². The highest BCUT2D eigenvalue weighted by Crippen LogP contribution is 2.10. The van der Waals surface area contributed by atoms with Crippen LogP contribution >= 0.6 is 0 Å². The first-order valence-electron chi connectivity index (χ1n) is 6.24. The first kappa shape index (κ1) is 14.4. The highest BCUT2D eigenvalue weighted by Gasteiger charge is 2.23. The summed E-state index contributed by atoms with van der Waals surface area (Å²) >= 11 is 0. The summed E-state index contributed by atoms with van der Waals surface area (Å²) in [4.78, 5) is 10.8. The number of methoxy groups -OCH3 is 1. The van der Waals surface area contributed by atoms with Crippen molar-refractivity contribution in [3.8, 4) is 0 Å². The van der Waals surface area contributed by atoms with Gasteiger partial charge >= 0.3 is 5.97 Å². The standard InChI is InChI=1S/C12H22FNO3/c1-16-12(15)5-3-2-4-6-17-9-11-7-10(13)8-14-11/h10-11,14H,2-9H2,1H3. The number of hydrogen-bond acceptors (Lipinski definition) is 4. The second-order valence-electron chi connectivity index (χ2n) is 4.40. The summed E-state index contributed by atoms with van der Waals surface area (Å²) in [6, 6.07) is 0.167. The van der Waals surface area contributed by atoms with Crippen LogP contribution < -0.4 is 5.32 Å². The summed E-state index contributed by atoms with van der Waals surface area (Å²) < 4.78 is 22.8. The van der Waals surface area contributed by atoms with Crippen molar-refractivity contribution in [2.45, 2.75) is 44.3 Å². The predicted octanol–water partition coefficient (Wildman–Crippen LogP) is 1.44. The minimum Gasteiger partial charge on any atom is -0.469 e. The Hall–Kier alpha value is -0.680. The number of ether oxygens (including phenoxy) is 2. The molecule has 1 fully saturated rings. The highest BCUT2D eigenvalue weighted by molar-refractivity contribution is 5.68. The van der Waals surface area contributed by atoms with Crippen LogP contribution in [-0.4, -0.2) is 45.1 Å². The molecule has 0 spiro atoms. The lowest BCUT2D eigenvalue weighted by molar-refractivity contribution is -0.140. The fourth-order valence-electron chi connectivity index (χ4n) is 1.87. The van der Waals surface area contributed by atoms with E-state index in [-0.39, 0.29) is 12.0 Å². The van der Waals surface area contributed by atoms with Gasteiger partial charge < -0.3 is 14.8 Å². The van der Waals surface area contributed by atoms with Crippen molar-refractivity contribution in [3.05, 3.63) is 0 Å². The molecule has 1 aliphatic heterocycles. The van der Waals surface area contributed by atoms with Gasteiger partial charge in [-0.3, -0.25) is 4.79 Å². The van der Waals surface area contributed by atoms with Crippen LogP contribution in [0.1, 0.15) is 32.1 Å². The van der Waals surface area contributed by atoms with Gasteiger partial charge in [0, 0.05) is 25.6 Å². The number of halogens is 1. The van der Waals surface area contributed by atoms with Gasteiger partial charge in [0.25, 0.3) is 0 Å². The maximum Gasteiger partial charge on any atom is 0.305 e. The van der Waals surface area contributed by atoms with Gasteiger partial charge in [-0.25, -0.2) is 4.39 Å². The van der Waals surface area contributed by atoms with E-state index in [1.54, 1.807) is 0 Å². The summed E-state index contributed by atoms with van der Waals surface area (Å²) in [5, 5.41) is 3.07. The fourth-order valence-corrected chi connectivity index (χ4v) is 1.87. The summed E-state index contributed by atoms with van der Waals surface area (Å²) in [5.74, 6) is -0.157. The minimum atomic E-state index is -0.719. The Labute approximate surface area is 102 Å². The van der Waals surface area contributed by atoms with Crippen LogP contribution in [0.2, 0.25) is 0 Å². The Bertz CT molecular complexity index is 226. The lowest BCUT2D eigenvalue weighted by atomic mass is 10.2. The summed E-state index contributed by atoms with van der Waals surface area (Å²) in [5.41, 5.74) is 0. The van der Waals surface area contributed by atoms with Crippen LogP contribution in [0.25, 0.3) is 0 Å². The molecule has 0 amide bonds. The quantitative estimate of drug-likeness (QED) is 0.521. The molecule has 1 rings (SSSR count). The number of alkyl halides is 1. The maximum atomic E-state index is 12.8. The van der Waals surface area contributed by atoms with Gasteiger partial charge in [-0.2, -0.15) is 0 Å². The number of nitrogens with one attached hydrogen (secondary N) is 1. The van der Waals surface area contributed by atoms with Crippen molar-refractivity contribution < 1.29 is 18.7 Å². The molecule has 5 heteroatoms. The van der Waals surface area contributed by atoms with Crippen molar-refractivity contribution in [2.75, 3.05) is 26.9 Å². The zero-order valence-electron chi connectivity index (χ0n) is 10.4. The SMILES string of the molecule is COC(=O)CCCCCOCC1CC(F)CN1. The van der Waals surface area contributed by atoms with Crippen molar-refractivity contribution in [3.63, 3.8) is 0 Å². The van der Waals surface area contributed by atoms with Gasteiger partial charge in [0.2, 0.25) is 0 Å². The second kappa shape index (κ2) is 8.42. The van der Waals surface area contributed by atoms with E-state index in [0.29, 0.717) is 32.6 Å². The molecule has 0 saturated carbocycles. The first-order valence-corrected chi connectivity index (χ1v) is 6.24. The minimum absolute atomic E-state index is 0.157. The summed E-state index contributed by atoms with van der Waals surface area (Å²) in [7, 11) is 1.40. The van der Waals surface area contributed by atoms with Gasteiger partial charge in [0.1, 0.15) is 6.17 Å². The monoisotopic (exact) mass is 247 g/mol. The van der Waals surface area contributed by atoms with Crippen LogP contribution in [0.3, 0.4) is 0 Å². The zero-order chi connectivity index (χ0) is 12.5. The van der Waals surface area contributed by atoms with E-state index in [9.17, 15) is 9.18 Å². The molecule has 0 bridgehead atoms. The van der Waals surface area contributed by atoms with E-state index in [0.717, 1.165) is 19.3 Å². The van der Waals surface area contributed by atoms with Gasteiger partial charge in [-0.05, 0) is 19.3 Å². The molecule has 1 aliphatic rings. The van der Waals surface area contributed by atoms with Crippen molar-refractivity contribution >= 4 is 5.97 Å². The van der Waals surface area contributed by atoms with E-state index in [1.807, 2.05) is 0 Å². The van der Waals surface area contributed by atoms with Gasteiger partial charge in [0.05, 0.1) is 13.7 Å². The largest absolute Gasteiger partial charge is 0.469 e. The van der Waals surface area contributed by atoms with E-state index in [1.165, 1.54) is 7.11 Å². The zero-order valence-corrected chi connectivity index (χ0v) is 10.4. The van der Waals surface area contributed by atoms with Crippen LogP contribution in [-0.2, 0) is 14.3 Å². The highest BCUT2D eigenvalue weighted by atomic mass is 19.1. The van der Waals surface area contributed by atoms with Crippen molar-refractivity contribution in [2.24, 2.45) is 0 Å². The number of unbranched alkanes of at least 4 members (excludes halogenated alkanes) is 2. The number of carbonyl (C=O) groups excluding carboxylic acids is 1. The Kier molecular flexibility index (Phi) is 7.12. The molecule has 4 nitrogen and oxygen atoms in total. The van der Waals surface area contributed by atoms with Crippen LogP contribution in [0, 0.1) is 0 Å². The van der Waals surface area contributed by atoms with Crippen LogP contribution in [0.4, 0.5) is 4.39 Å². The van der Waals surface area contributed by atoms with E-state index in [4.69, 9.17) is 4.74 Å². The Morgan fingerprint density at radius 1 is 1.41 bits per heavy atom. The lowest BCUT2D eigenvalue weighted by Crippen LogP contribution is -2.26. The molecule has 0 aromatic carbocycles. The Balaban J connectivity index is 1.83. The van der Waals surface area contributed by atoms with Crippen molar-refractivity contribution in [1.29, 1.82) is 0 Å². The molecule has 1 N–H and O–H groups in total. The summed E-state index contributed by atoms with van der Waals surface area (Å²) in [6.07, 6.45) is 3.04. The van der Waals surface area contributed by atoms with Gasteiger partial charge in [-0.1, -0.05) is 6.42 Å².